The lowest BCUT2D eigenvalue weighted by Crippen LogP contribution is -2.35. The second-order valence-electron chi connectivity index (χ2n) is 5.91. The van der Waals surface area contributed by atoms with E-state index >= 15 is 0 Å². The average molecular weight is 374 g/mol. The van der Waals surface area contributed by atoms with Gasteiger partial charge in [-0.3, -0.25) is 9.59 Å². The highest BCUT2D eigenvalue weighted by Crippen LogP contribution is 2.30. The SMILES string of the molecule is CCOC(CNC(=O)c1cc2c(=O)[nH]c3ccc(C)cc3c2s1)OCC. The molecular weight excluding hydrogens is 352 g/mol. The molecule has 1 aromatic carbocycles. The highest BCUT2D eigenvalue weighted by atomic mass is 32.1. The first-order chi connectivity index (χ1) is 12.5. The minimum absolute atomic E-state index is 0.187. The number of carbonyl (C=O) groups is 1. The van der Waals surface area contributed by atoms with E-state index in [9.17, 15) is 9.59 Å². The fraction of sp³-hybridized carbons (Fsp3) is 0.368. The molecule has 0 bridgehead atoms. The Bertz CT molecular complexity index is 986. The van der Waals surface area contributed by atoms with Crippen molar-refractivity contribution in [3.8, 4) is 0 Å². The number of thiophene rings is 1. The Balaban J connectivity index is 1.90. The summed E-state index contributed by atoms with van der Waals surface area (Å²) in [5.74, 6) is -0.240. The molecule has 2 N–H and O–H groups in total. The Morgan fingerprint density at radius 1 is 1.19 bits per heavy atom. The van der Waals surface area contributed by atoms with Crippen molar-refractivity contribution in [2.24, 2.45) is 0 Å². The van der Waals surface area contributed by atoms with Gasteiger partial charge in [-0.2, -0.15) is 0 Å². The molecule has 7 heteroatoms. The number of H-pyrrole nitrogens is 1. The molecule has 0 radical (unpaired) electrons. The van der Waals surface area contributed by atoms with Gasteiger partial charge in [0.1, 0.15) is 0 Å². The topological polar surface area (TPSA) is 80.4 Å². The van der Waals surface area contributed by atoms with Gasteiger partial charge in [0.25, 0.3) is 11.5 Å². The quantitative estimate of drug-likeness (QED) is 0.623. The minimum Gasteiger partial charge on any atom is -0.351 e. The monoisotopic (exact) mass is 374 g/mol. The number of aryl methyl sites for hydroxylation is 1. The van der Waals surface area contributed by atoms with Crippen LogP contribution in [0.5, 0.6) is 0 Å². The van der Waals surface area contributed by atoms with E-state index in [-0.39, 0.29) is 18.0 Å². The van der Waals surface area contributed by atoms with Gasteiger partial charge in [0, 0.05) is 28.8 Å². The maximum atomic E-state index is 12.5. The van der Waals surface area contributed by atoms with Crippen LogP contribution in [0, 0.1) is 6.92 Å². The van der Waals surface area contributed by atoms with Crippen molar-refractivity contribution in [2.45, 2.75) is 27.1 Å². The molecule has 3 aromatic rings. The van der Waals surface area contributed by atoms with Crippen LogP contribution in [0.2, 0.25) is 0 Å². The zero-order valence-electron chi connectivity index (χ0n) is 15.0. The highest BCUT2D eigenvalue weighted by molar-refractivity contribution is 7.21. The molecule has 0 aliphatic carbocycles. The van der Waals surface area contributed by atoms with Crippen LogP contribution in [0.15, 0.2) is 29.1 Å². The van der Waals surface area contributed by atoms with Crippen molar-refractivity contribution >= 4 is 38.2 Å². The van der Waals surface area contributed by atoms with Gasteiger partial charge in [-0.15, -0.1) is 11.3 Å². The van der Waals surface area contributed by atoms with E-state index in [4.69, 9.17) is 9.47 Å². The third kappa shape index (κ3) is 3.80. The lowest BCUT2D eigenvalue weighted by atomic mass is 10.1. The van der Waals surface area contributed by atoms with Gasteiger partial charge >= 0.3 is 0 Å². The first-order valence-corrected chi connectivity index (χ1v) is 9.42. The number of pyridine rings is 1. The summed E-state index contributed by atoms with van der Waals surface area (Å²) in [6.45, 7) is 7.01. The Hall–Kier alpha value is -2.22. The van der Waals surface area contributed by atoms with Crippen LogP contribution < -0.4 is 10.9 Å². The number of nitrogens with one attached hydrogen (secondary N) is 2. The number of hydrogen-bond donors (Lipinski definition) is 2. The van der Waals surface area contributed by atoms with Gasteiger partial charge in [0.15, 0.2) is 6.29 Å². The number of carbonyl (C=O) groups excluding carboxylic acids is 1. The number of ether oxygens (including phenoxy) is 2. The standard InChI is InChI=1S/C19H22N2O4S/c1-4-24-16(25-5-2)10-20-19(23)15-9-13-17(26-15)12-8-11(3)6-7-14(12)21-18(13)22/h6-9,16H,4-5,10H2,1-3H3,(H,20,23)(H,21,22). The molecule has 0 aliphatic rings. The number of benzene rings is 1. The van der Waals surface area contributed by atoms with Crippen molar-refractivity contribution in [2.75, 3.05) is 19.8 Å². The van der Waals surface area contributed by atoms with E-state index in [1.807, 2.05) is 39.0 Å². The highest BCUT2D eigenvalue weighted by Gasteiger charge is 2.16. The molecule has 0 aliphatic heterocycles. The lowest BCUT2D eigenvalue weighted by molar-refractivity contribution is -0.131. The molecule has 0 unspecified atom stereocenters. The van der Waals surface area contributed by atoms with Crippen LogP contribution >= 0.6 is 11.3 Å². The van der Waals surface area contributed by atoms with Crippen LogP contribution in [0.1, 0.15) is 29.1 Å². The average Bonchev–Trinajstić information content (AvgIpc) is 3.07. The molecule has 0 fully saturated rings. The molecular formula is C19H22N2O4S. The predicted molar refractivity (Wildman–Crippen MR) is 104 cm³/mol. The fourth-order valence-electron chi connectivity index (χ4n) is 2.82. The maximum absolute atomic E-state index is 12.5. The first kappa shape index (κ1) is 18.6. The summed E-state index contributed by atoms with van der Waals surface area (Å²) in [7, 11) is 0. The molecule has 0 spiro atoms. The summed E-state index contributed by atoms with van der Waals surface area (Å²) in [6.07, 6.45) is -0.477. The predicted octanol–water partition coefficient (Wildman–Crippen LogP) is 3.18. The van der Waals surface area contributed by atoms with E-state index in [0.717, 1.165) is 21.2 Å². The number of rotatable bonds is 7. The molecule has 3 rings (SSSR count). The molecule has 138 valence electrons. The van der Waals surface area contributed by atoms with Gasteiger partial charge in [-0.1, -0.05) is 11.6 Å². The number of hydrogen-bond acceptors (Lipinski definition) is 5. The largest absolute Gasteiger partial charge is 0.351 e. The number of aromatic amines is 1. The lowest BCUT2D eigenvalue weighted by Gasteiger charge is -2.17. The van der Waals surface area contributed by atoms with Gasteiger partial charge in [-0.05, 0) is 39.0 Å². The molecule has 2 heterocycles. The Morgan fingerprint density at radius 2 is 1.92 bits per heavy atom. The maximum Gasteiger partial charge on any atom is 0.261 e. The zero-order chi connectivity index (χ0) is 18.7. The van der Waals surface area contributed by atoms with Crippen LogP contribution in [0.4, 0.5) is 0 Å². The fourth-order valence-corrected chi connectivity index (χ4v) is 3.92. The van der Waals surface area contributed by atoms with E-state index < -0.39 is 6.29 Å². The molecule has 2 aromatic heterocycles. The van der Waals surface area contributed by atoms with Crippen molar-refractivity contribution in [3.05, 3.63) is 45.1 Å². The second kappa shape index (κ2) is 7.99. The van der Waals surface area contributed by atoms with Crippen LogP contribution in [-0.4, -0.2) is 36.9 Å². The normalized spacial score (nSPS) is 11.5. The molecule has 6 nitrogen and oxygen atoms in total. The summed E-state index contributed by atoms with van der Waals surface area (Å²) < 4.78 is 11.7. The van der Waals surface area contributed by atoms with E-state index in [1.54, 1.807) is 6.07 Å². The van der Waals surface area contributed by atoms with Gasteiger partial charge in [0.2, 0.25) is 0 Å². The Kier molecular flexibility index (Phi) is 5.70. The van der Waals surface area contributed by atoms with Crippen molar-refractivity contribution in [3.63, 3.8) is 0 Å². The van der Waals surface area contributed by atoms with Gasteiger partial charge < -0.3 is 19.8 Å². The van der Waals surface area contributed by atoms with Crippen molar-refractivity contribution < 1.29 is 14.3 Å². The first-order valence-electron chi connectivity index (χ1n) is 8.61. The number of fused-ring (bicyclic) bond motifs is 3. The minimum atomic E-state index is -0.477. The van der Waals surface area contributed by atoms with E-state index in [1.165, 1.54) is 11.3 Å². The molecule has 0 saturated heterocycles. The smallest absolute Gasteiger partial charge is 0.261 e. The van der Waals surface area contributed by atoms with Crippen LogP contribution in [0.25, 0.3) is 21.0 Å². The summed E-state index contributed by atoms with van der Waals surface area (Å²) in [5.41, 5.74) is 1.68. The molecule has 1 amide bonds. The molecule has 26 heavy (non-hydrogen) atoms. The van der Waals surface area contributed by atoms with Crippen LogP contribution in [-0.2, 0) is 9.47 Å². The molecule has 0 atom stereocenters. The van der Waals surface area contributed by atoms with E-state index in [0.29, 0.717) is 23.5 Å². The van der Waals surface area contributed by atoms with Crippen molar-refractivity contribution in [1.82, 2.24) is 10.3 Å². The van der Waals surface area contributed by atoms with Crippen molar-refractivity contribution in [1.29, 1.82) is 0 Å². The number of aromatic nitrogens is 1. The third-order valence-corrected chi connectivity index (χ3v) is 5.17. The summed E-state index contributed by atoms with van der Waals surface area (Å²) >= 11 is 1.32. The Morgan fingerprint density at radius 3 is 2.62 bits per heavy atom. The number of amides is 1. The third-order valence-electron chi connectivity index (χ3n) is 4.00. The second-order valence-corrected chi connectivity index (χ2v) is 6.96. The Labute approximate surface area is 155 Å². The van der Waals surface area contributed by atoms with Gasteiger partial charge in [0.05, 0.1) is 16.8 Å². The summed E-state index contributed by atoms with van der Waals surface area (Å²) in [5, 5.41) is 4.30. The summed E-state index contributed by atoms with van der Waals surface area (Å²) in [4.78, 5) is 28.2. The summed E-state index contributed by atoms with van der Waals surface area (Å²) in [6, 6.07) is 7.50. The van der Waals surface area contributed by atoms with Gasteiger partial charge in [-0.25, -0.2) is 0 Å². The zero-order valence-corrected chi connectivity index (χ0v) is 15.9. The van der Waals surface area contributed by atoms with E-state index in [2.05, 4.69) is 10.3 Å². The molecule has 0 saturated carbocycles. The van der Waals surface area contributed by atoms with Crippen LogP contribution in [0.3, 0.4) is 0 Å².